The summed E-state index contributed by atoms with van der Waals surface area (Å²) in [6.45, 7) is 9.42. The Morgan fingerprint density at radius 3 is 2.63 bits per heavy atom. The molecule has 4 aliphatic rings. The molecule has 5 rings (SSSR count). The maximum atomic E-state index is 11.9. The average molecular weight is 483 g/mol. The molecule has 0 spiro atoms. The lowest BCUT2D eigenvalue weighted by atomic mass is 9.83. The molecule has 1 aromatic carbocycles. The van der Waals surface area contributed by atoms with Gasteiger partial charge in [0.2, 0.25) is 5.90 Å². The zero-order chi connectivity index (χ0) is 24.9. The number of esters is 1. The summed E-state index contributed by atoms with van der Waals surface area (Å²) in [4.78, 5) is 14.2. The van der Waals surface area contributed by atoms with Crippen molar-refractivity contribution in [2.75, 3.05) is 52.9 Å². The first-order valence-electron chi connectivity index (χ1n) is 12.5. The number of cyclic esters (lactones) is 1. The molecule has 3 N–H and O–H groups in total. The number of carbonyl (C=O) groups is 1. The van der Waals surface area contributed by atoms with E-state index in [2.05, 4.69) is 11.9 Å². The number of aliphatic hydroxyl groups is 2. The minimum absolute atomic E-state index is 0.151. The lowest BCUT2D eigenvalue weighted by Gasteiger charge is -2.43. The molecule has 0 amide bonds. The predicted octanol–water partition coefficient (Wildman–Crippen LogP) is 1.83. The first kappa shape index (κ1) is 24.2. The summed E-state index contributed by atoms with van der Waals surface area (Å²) in [6.07, 6.45) is 1.45. The van der Waals surface area contributed by atoms with Gasteiger partial charge in [0, 0.05) is 30.8 Å². The third kappa shape index (κ3) is 4.44. The number of nitrogens with one attached hydrogen (secondary N) is 1. The SMILES string of the molecule is CC1=C2COC(=O)C2CC=C1C(O)CN1CC[N+](C)(CC(O)c2ccc3c(c2C)COC3=N)CC1. The predicted molar refractivity (Wildman–Crippen MR) is 131 cm³/mol. The number of benzene rings is 1. The van der Waals surface area contributed by atoms with Crippen molar-refractivity contribution >= 4 is 11.9 Å². The number of rotatable bonds is 6. The first-order valence-corrected chi connectivity index (χ1v) is 12.5. The number of piperazine rings is 1. The highest BCUT2D eigenvalue weighted by Gasteiger charge is 2.38. The lowest BCUT2D eigenvalue weighted by Crippen LogP contribution is -2.59. The van der Waals surface area contributed by atoms with Gasteiger partial charge in [-0.1, -0.05) is 12.1 Å². The number of likely N-dealkylation sites (N-methyl/N-ethyl adjacent to an activating group) is 1. The number of carbonyl (C=O) groups excluding carboxylic acids is 1. The number of aliphatic hydroxyl groups excluding tert-OH is 2. The van der Waals surface area contributed by atoms with Crippen LogP contribution in [-0.2, 0) is 20.9 Å². The molecular weight excluding hydrogens is 446 g/mol. The van der Waals surface area contributed by atoms with Gasteiger partial charge in [-0.25, -0.2) is 0 Å². The molecule has 8 heteroatoms. The van der Waals surface area contributed by atoms with Crippen LogP contribution in [0.4, 0.5) is 0 Å². The van der Waals surface area contributed by atoms with Crippen molar-refractivity contribution in [3.8, 4) is 0 Å². The monoisotopic (exact) mass is 482 g/mol. The van der Waals surface area contributed by atoms with Crippen molar-refractivity contribution in [3.63, 3.8) is 0 Å². The largest absolute Gasteiger partial charge is 0.473 e. The van der Waals surface area contributed by atoms with Crippen LogP contribution in [0.15, 0.2) is 34.9 Å². The van der Waals surface area contributed by atoms with Gasteiger partial charge in [-0.15, -0.1) is 0 Å². The van der Waals surface area contributed by atoms with E-state index in [1.807, 2.05) is 32.1 Å². The minimum Gasteiger partial charge on any atom is -0.473 e. The Morgan fingerprint density at radius 2 is 1.89 bits per heavy atom. The van der Waals surface area contributed by atoms with E-state index in [1.165, 1.54) is 0 Å². The van der Waals surface area contributed by atoms with Crippen molar-refractivity contribution in [1.82, 2.24) is 4.90 Å². The zero-order valence-electron chi connectivity index (χ0n) is 20.8. The molecule has 0 radical (unpaired) electrons. The van der Waals surface area contributed by atoms with Crippen molar-refractivity contribution in [1.29, 1.82) is 5.41 Å². The van der Waals surface area contributed by atoms with Gasteiger partial charge >= 0.3 is 5.97 Å². The highest BCUT2D eigenvalue weighted by Crippen LogP contribution is 2.36. The Labute approximate surface area is 206 Å². The summed E-state index contributed by atoms with van der Waals surface area (Å²) >= 11 is 0. The van der Waals surface area contributed by atoms with E-state index in [0.717, 1.165) is 69.6 Å². The summed E-state index contributed by atoms with van der Waals surface area (Å²) in [5, 5.41) is 30.0. The first-order chi connectivity index (χ1) is 16.7. The van der Waals surface area contributed by atoms with Crippen molar-refractivity contribution < 1.29 is 29.0 Å². The molecular formula is C27H36N3O5+. The van der Waals surface area contributed by atoms with Gasteiger partial charge < -0.3 is 24.2 Å². The van der Waals surface area contributed by atoms with Crippen LogP contribution < -0.4 is 0 Å². The van der Waals surface area contributed by atoms with Gasteiger partial charge in [-0.05, 0) is 54.2 Å². The molecule has 1 aliphatic carbocycles. The standard InChI is InChI=1S/C27H36N3O5/c1-16-18(5-7-21-23(16)15-35-27(21)33)24(31)12-29-8-10-30(3,11-9-29)13-25(32)19-4-6-20-22(17(19)2)14-34-26(20)28/h4-6,21,24-25,28,31-32H,7-15H2,1-3H3/q+1. The Hall–Kier alpha value is -2.52. The fourth-order valence-corrected chi connectivity index (χ4v) is 6.04. The molecule has 3 aliphatic heterocycles. The van der Waals surface area contributed by atoms with E-state index in [9.17, 15) is 15.0 Å². The summed E-state index contributed by atoms with van der Waals surface area (Å²) < 4.78 is 11.3. The van der Waals surface area contributed by atoms with Gasteiger partial charge in [0.25, 0.3) is 0 Å². The van der Waals surface area contributed by atoms with Crippen LogP contribution in [0.1, 0.15) is 41.7 Å². The number of hydrogen-bond acceptors (Lipinski definition) is 7. The Balaban J connectivity index is 1.17. The van der Waals surface area contributed by atoms with Gasteiger partial charge in [0.05, 0.1) is 32.2 Å². The molecule has 0 bridgehead atoms. The van der Waals surface area contributed by atoms with Gasteiger partial charge in [-0.3, -0.25) is 15.1 Å². The van der Waals surface area contributed by atoms with Crippen LogP contribution in [-0.4, -0.2) is 90.5 Å². The van der Waals surface area contributed by atoms with E-state index in [1.54, 1.807) is 0 Å². The molecule has 0 saturated carbocycles. The van der Waals surface area contributed by atoms with E-state index >= 15 is 0 Å². The van der Waals surface area contributed by atoms with Crippen LogP contribution in [0.5, 0.6) is 0 Å². The smallest absolute Gasteiger partial charge is 0.313 e. The summed E-state index contributed by atoms with van der Waals surface area (Å²) in [5.74, 6) is -0.108. The normalized spacial score (nSPS) is 25.5. The Bertz CT molecular complexity index is 1120. The average Bonchev–Trinajstić information content (AvgIpc) is 3.39. The summed E-state index contributed by atoms with van der Waals surface area (Å²) in [5.41, 5.74) is 6.73. The topological polar surface area (TPSA) is 103 Å². The number of ether oxygens (including phenoxy) is 2. The zero-order valence-corrected chi connectivity index (χ0v) is 20.8. The fraction of sp³-hybridized carbons (Fsp3) is 0.556. The van der Waals surface area contributed by atoms with E-state index < -0.39 is 12.2 Å². The van der Waals surface area contributed by atoms with Gasteiger partial charge in [0.1, 0.15) is 25.9 Å². The van der Waals surface area contributed by atoms with Gasteiger partial charge in [-0.2, -0.15) is 0 Å². The highest BCUT2D eigenvalue weighted by atomic mass is 16.5. The second-order valence-electron chi connectivity index (χ2n) is 10.7. The molecule has 3 atom stereocenters. The Morgan fingerprint density at radius 1 is 1.14 bits per heavy atom. The van der Waals surface area contributed by atoms with E-state index in [4.69, 9.17) is 14.9 Å². The van der Waals surface area contributed by atoms with Crippen molar-refractivity contribution in [2.45, 2.75) is 39.1 Å². The summed E-state index contributed by atoms with van der Waals surface area (Å²) in [7, 11) is 2.19. The van der Waals surface area contributed by atoms with E-state index in [-0.39, 0.29) is 17.8 Å². The van der Waals surface area contributed by atoms with Crippen molar-refractivity contribution in [3.05, 3.63) is 57.2 Å². The molecule has 3 heterocycles. The van der Waals surface area contributed by atoms with Gasteiger partial charge in [0.15, 0.2) is 0 Å². The van der Waals surface area contributed by atoms with Crippen LogP contribution in [0.2, 0.25) is 0 Å². The number of quaternary nitrogens is 1. The molecule has 2 fully saturated rings. The number of hydrogen-bond donors (Lipinski definition) is 3. The lowest BCUT2D eigenvalue weighted by molar-refractivity contribution is -0.917. The summed E-state index contributed by atoms with van der Waals surface area (Å²) in [6, 6.07) is 3.83. The maximum absolute atomic E-state index is 11.9. The number of fused-ring (bicyclic) bond motifs is 2. The third-order valence-corrected chi connectivity index (χ3v) is 8.48. The molecule has 1 aromatic rings. The van der Waals surface area contributed by atoms with Crippen LogP contribution in [0, 0.1) is 18.3 Å². The minimum atomic E-state index is -0.586. The molecule has 35 heavy (non-hydrogen) atoms. The molecule has 0 aromatic heterocycles. The quantitative estimate of drug-likeness (QED) is 0.422. The second kappa shape index (κ2) is 9.17. The van der Waals surface area contributed by atoms with Crippen molar-refractivity contribution in [2.24, 2.45) is 5.92 Å². The number of β-amino-alcohol motifs (C(OH)–C–C–N with tert-alkyl or cyclic N) is 1. The molecule has 8 nitrogen and oxygen atoms in total. The molecule has 2 saturated heterocycles. The molecule has 188 valence electrons. The molecule has 3 unspecified atom stereocenters. The van der Waals surface area contributed by atoms with E-state index in [0.29, 0.717) is 32.7 Å². The van der Waals surface area contributed by atoms with Crippen LogP contribution in [0.25, 0.3) is 0 Å². The highest BCUT2D eigenvalue weighted by molar-refractivity contribution is 5.95. The Kier molecular flexibility index (Phi) is 6.34. The van der Waals surface area contributed by atoms with Crippen LogP contribution in [0.3, 0.4) is 0 Å². The second-order valence-corrected chi connectivity index (χ2v) is 10.7. The maximum Gasteiger partial charge on any atom is 0.313 e. The third-order valence-electron chi connectivity index (χ3n) is 8.48. The fourth-order valence-electron chi connectivity index (χ4n) is 6.04. The number of nitrogens with zero attached hydrogens (tertiary/aromatic N) is 2. The number of allylic oxidation sites excluding steroid dienone is 1. The van der Waals surface area contributed by atoms with Crippen LogP contribution >= 0.6 is 0 Å².